The second-order valence-electron chi connectivity index (χ2n) is 6.51. The Morgan fingerprint density at radius 3 is 2.43 bits per heavy atom. The fraction of sp³-hybridized carbons (Fsp3) is 0.182. The zero-order valence-corrected chi connectivity index (χ0v) is 15.5. The Bertz CT molecular complexity index is 1200. The third-order valence-corrected chi connectivity index (χ3v) is 4.71. The van der Waals surface area contributed by atoms with E-state index in [4.69, 9.17) is 4.98 Å². The van der Waals surface area contributed by atoms with Crippen LogP contribution in [0.2, 0.25) is 0 Å². The molecule has 6 nitrogen and oxygen atoms in total. The fourth-order valence-corrected chi connectivity index (χ4v) is 3.26. The molecule has 6 heteroatoms. The normalized spacial score (nSPS) is 10.9. The lowest BCUT2D eigenvalue weighted by Crippen LogP contribution is -2.15. The standard InChI is InChI=1S/C22H19N5O/c1-2-19(28)26-21-16(14-23)20-22(25-18-11-7-6-10-17(18)24-20)27(21)13-12-15-8-4-3-5-9-15/h3-11H,2,12-13H2,1H3,(H,26,28). The Labute approximate surface area is 162 Å². The minimum atomic E-state index is -0.148. The SMILES string of the molecule is CCC(=O)Nc1c(C#N)c2nc3ccccc3nc2n1CCc1ccccc1. The van der Waals surface area contributed by atoms with Crippen molar-refractivity contribution in [2.45, 2.75) is 26.3 Å². The average Bonchev–Trinajstić information content (AvgIpc) is 3.02. The number of fused-ring (bicyclic) bond motifs is 2. The highest BCUT2D eigenvalue weighted by molar-refractivity contribution is 5.98. The van der Waals surface area contributed by atoms with Gasteiger partial charge < -0.3 is 9.88 Å². The van der Waals surface area contributed by atoms with Gasteiger partial charge in [0.25, 0.3) is 0 Å². The summed E-state index contributed by atoms with van der Waals surface area (Å²) >= 11 is 0. The van der Waals surface area contributed by atoms with Crippen molar-refractivity contribution in [2.75, 3.05) is 5.32 Å². The van der Waals surface area contributed by atoms with Crippen molar-refractivity contribution in [3.63, 3.8) is 0 Å². The summed E-state index contributed by atoms with van der Waals surface area (Å²) in [5.41, 5.74) is 4.12. The topological polar surface area (TPSA) is 83.6 Å². The van der Waals surface area contributed by atoms with Gasteiger partial charge in [-0.1, -0.05) is 49.4 Å². The molecule has 0 atom stereocenters. The van der Waals surface area contributed by atoms with Gasteiger partial charge in [-0.05, 0) is 24.1 Å². The predicted octanol–water partition coefficient (Wildman–Crippen LogP) is 4.05. The van der Waals surface area contributed by atoms with Crippen molar-refractivity contribution in [1.82, 2.24) is 14.5 Å². The molecule has 4 aromatic rings. The molecular weight excluding hydrogens is 350 g/mol. The van der Waals surface area contributed by atoms with Gasteiger partial charge in [0.05, 0.1) is 11.0 Å². The minimum absolute atomic E-state index is 0.148. The summed E-state index contributed by atoms with van der Waals surface area (Å²) in [6.07, 6.45) is 1.08. The highest BCUT2D eigenvalue weighted by atomic mass is 16.1. The molecule has 2 aromatic carbocycles. The van der Waals surface area contributed by atoms with Crippen molar-refractivity contribution in [1.29, 1.82) is 5.26 Å². The van der Waals surface area contributed by atoms with Crippen LogP contribution < -0.4 is 5.32 Å². The van der Waals surface area contributed by atoms with E-state index in [-0.39, 0.29) is 5.91 Å². The second-order valence-corrected chi connectivity index (χ2v) is 6.51. The van der Waals surface area contributed by atoms with Crippen molar-refractivity contribution in [2.24, 2.45) is 0 Å². The number of nitrogens with one attached hydrogen (secondary N) is 1. The summed E-state index contributed by atoms with van der Waals surface area (Å²) in [6.45, 7) is 2.36. The molecule has 0 fully saturated rings. The van der Waals surface area contributed by atoms with Crippen LogP contribution in [0.3, 0.4) is 0 Å². The Morgan fingerprint density at radius 1 is 1.07 bits per heavy atom. The third-order valence-electron chi connectivity index (χ3n) is 4.71. The maximum Gasteiger partial charge on any atom is 0.225 e. The first kappa shape index (κ1) is 17.7. The highest BCUT2D eigenvalue weighted by Gasteiger charge is 2.21. The van der Waals surface area contributed by atoms with E-state index in [2.05, 4.69) is 28.5 Å². The van der Waals surface area contributed by atoms with Gasteiger partial charge in [0.1, 0.15) is 23.0 Å². The Morgan fingerprint density at radius 2 is 1.75 bits per heavy atom. The number of hydrogen-bond donors (Lipinski definition) is 1. The molecule has 0 aliphatic carbocycles. The zero-order valence-electron chi connectivity index (χ0n) is 15.5. The van der Waals surface area contributed by atoms with E-state index in [0.717, 1.165) is 17.5 Å². The van der Waals surface area contributed by atoms with E-state index in [0.29, 0.717) is 35.5 Å². The number of anilines is 1. The van der Waals surface area contributed by atoms with Gasteiger partial charge in [0, 0.05) is 13.0 Å². The first-order chi connectivity index (χ1) is 13.7. The summed E-state index contributed by atoms with van der Waals surface area (Å²) in [4.78, 5) is 21.5. The van der Waals surface area contributed by atoms with Crippen LogP contribution in [-0.4, -0.2) is 20.4 Å². The lowest BCUT2D eigenvalue weighted by Gasteiger charge is -2.11. The Hall–Kier alpha value is -3.72. The summed E-state index contributed by atoms with van der Waals surface area (Å²) in [5.74, 6) is 0.320. The molecule has 0 bridgehead atoms. The lowest BCUT2D eigenvalue weighted by molar-refractivity contribution is -0.115. The minimum Gasteiger partial charge on any atom is -0.311 e. The molecule has 4 rings (SSSR count). The average molecular weight is 369 g/mol. The van der Waals surface area contributed by atoms with E-state index in [9.17, 15) is 10.1 Å². The molecule has 0 aliphatic rings. The molecule has 2 aromatic heterocycles. The van der Waals surface area contributed by atoms with E-state index < -0.39 is 0 Å². The largest absolute Gasteiger partial charge is 0.311 e. The van der Waals surface area contributed by atoms with Crippen molar-refractivity contribution in [3.05, 3.63) is 65.7 Å². The predicted molar refractivity (Wildman–Crippen MR) is 109 cm³/mol. The van der Waals surface area contributed by atoms with Gasteiger partial charge >= 0.3 is 0 Å². The first-order valence-electron chi connectivity index (χ1n) is 9.24. The van der Waals surface area contributed by atoms with Gasteiger partial charge in [-0.15, -0.1) is 0 Å². The number of benzene rings is 2. The second kappa shape index (κ2) is 7.49. The molecule has 0 unspecified atom stereocenters. The Kier molecular flexibility index (Phi) is 4.73. The van der Waals surface area contributed by atoms with Crippen LogP contribution in [-0.2, 0) is 17.8 Å². The third kappa shape index (κ3) is 3.19. The van der Waals surface area contributed by atoms with Crippen molar-refractivity contribution < 1.29 is 4.79 Å². The monoisotopic (exact) mass is 369 g/mol. The smallest absolute Gasteiger partial charge is 0.225 e. The maximum atomic E-state index is 12.1. The van der Waals surface area contributed by atoms with Crippen LogP contribution >= 0.6 is 0 Å². The molecule has 138 valence electrons. The summed E-state index contributed by atoms with van der Waals surface area (Å²) in [6, 6.07) is 19.9. The number of amides is 1. The van der Waals surface area contributed by atoms with Crippen molar-refractivity contribution in [3.8, 4) is 6.07 Å². The van der Waals surface area contributed by atoms with Gasteiger partial charge in [-0.2, -0.15) is 5.26 Å². The number of carbonyl (C=O) groups is 1. The number of rotatable bonds is 5. The summed E-state index contributed by atoms with van der Waals surface area (Å²) in [7, 11) is 0. The summed E-state index contributed by atoms with van der Waals surface area (Å²) < 4.78 is 1.90. The molecular formula is C22H19N5O. The molecule has 0 spiro atoms. The number of para-hydroxylation sites is 2. The molecule has 1 amide bonds. The molecule has 0 saturated carbocycles. The molecule has 1 N–H and O–H groups in total. The maximum absolute atomic E-state index is 12.1. The van der Waals surface area contributed by atoms with Crippen LogP contribution in [0.1, 0.15) is 24.5 Å². The van der Waals surface area contributed by atoms with Crippen LogP contribution in [0.4, 0.5) is 5.82 Å². The van der Waals surface area contributed by atoms with E-state index in [1.807, 2.05) is 47.0 Å². The molecule has 0 aliphatic heterocycles. The fourth-order valence-electron chi connectivity index (χ4n) is 3.26. The lowest BCUT2D eigenvalue weighted by atomic mass is 10.1. The van der Waals surface area contributed by atoms with Crippen LogP contribution in [0.25, 0.3) is 22.2 Å². The van der Waals surface area contributed by atoms with Gasteiger partial charge in [-0.25, -0.2) is 9.97 Å². The number of carbonyl (C=O) groups excluding carboxylic acids is 1. The van der Waals surface area contributed by atoms with Crippen molar-refractivity contribution >= 4 is 33.9 Å². The van der Waals surface area contributed by atoms with Crippen LogP contribution in [0.15, 0.2) is 54.6 Å². The number of aryl methyl sites for hydroxylation is 2. The molecule has 0 saturated heterocycles. The number of aromatic nitrogens is 3. The van der Waals surface area contributed by atoms with E-state index in [1.165, 1.54) is 5.56 Å². The van der Waals surface area contributed by atoms with Crippen LogP contribution in [0, 0.1) is 11.3 Å². The highest BCUT2D eigenvalue weighted by Crippen LogP contribution is 2.29. The van der Waals surface area contributed by atoms with Gasteiger partial charge in [-0.3, -0.25) is 4.79 Å². The van der Waals surface area contributed by atoms with E-state index in [1.54, 1.807) is 6.92 Å². The van der Waals surface area contributed by atoms with Gasteiger partial charge in [0.2, 0.25) is 5.91 Å². The molecule has 2 heterocycles. The number of nitriles is 1. The number of nitrogens with zero attached hydrogens (tertiary/aromatic N) is 4. The summed E-state index contributed by atoms with van der Waals surface area (Å²) in [5, 5.41) is 12.7. The molecule has 0 radical (unpaired) electrons. The van der Waals surface area contributed by atoms with Gasteiger partial charge in [0.15, 0.2) is 5.65 Å². The Balaban J connectivity index is 1.90. The van der Waals surface area contributed by atoms with Crippen LogP contribution in [0.5, 0.6) is 0 Å². The molecule has 28 heavy (non-hydrogen) atoms. The first-order valence-corrected chi connectivity index (χ1v) is 9.24. The number of hydrogen-bond acceptors (Lipinski definition) is 4. The quantitative estimate of drug-likeness (QED) is 0.575. The zero-order chi connectivity index (χ0) is 19.5. The van der Waals surface area contributed by atoms with E-state index >= 15 is 0 Å².